The van der Waals surface area contributed by atoms with E-state index in [1.54, 1.807) is 0 Å². The summed E-state index contributed by atoms with van der Waals surface area (Å²) in [5.74, 6) is -0.909. The Kier molecular flexibility index (Phi) is 4.20. The van der Waals surface area contributed by atoms with Crippen molar-refractivity contribution in [2.75, 3.05) is 12.8 Å². The van der Waals surface area contributed by atoms with Crippen molar-refractivity contribution in [3.63, 3.8) is 0 Å². The molecule has 0 unspecified atom stereocenters. The van der Waals surface area contributed by atoms with Crippen LogP contribution in [0.3, 0.4) is 0 Å². The molecule has 0 radical (unpaired) electrons. The Hall–Kier alpha value is -2.77. The number of nitrogens with zero attached hydrogens (tertiary/aromatic N) is 1. The van der Waals surface area contributed by atoms with Crippen molar-refractivity contribution in [1.29, 1.82) is 0 Å². The smallest absolute Gasteiger partial charge is 0.464 e. The minimum Gasteiger partial charge on any atom is -0.464 e. The number of rotatable bonds is 3. The minimum atomic E-state index is -4.75. The van der Waals surface area contributed by atoms with Gasteiger partial charge in [0.2, 0.25) is 0 Å². The lowest BCUT2D eigenvalue weighted by Gasteiger charge is -2.10. The van der Waals surface area contributed by atoms with Gasteiger partial charge in [-0.2, -0.15) is 0 Å². The van der Waals surface area contributed by atoms with Crippen LogP contribution in [0.15, 0.2) is 36.4 Å². The molecule has 0 bridgehead atoms. The average molecular weight is 312 g/mol. The van der Waals surface area contributed by atoms with E-state index < -0.39 is 12.3 Å². The number of benzene rings is 1. The van der Waals surface area contributed by atoms with Crippen LogP contribution in [0, 0.1) is 0 Å². The van der Waals surface area contributed by atoms with Crippen molar-refractivity contribution in [2.45, 2.75) is 6.36 Å². The summed E-state index contributed by atoms with van der Waals surface area (Å²) in [6, 6.07) is 8.09. The molecule has 0 atom stereocenters. The third-order valence-electron chi connectivity index (χ3n) is 2.72. The summed E-state index contributed by atoms with van der Waals surface area (Å²) in [7, 11) is 1.22. The lowest BCUT2D eigenvalue weighted by molar-refractivity contribution is -0.274. The molecule has 0 aliphatic heterocycles. The van der Waals surface area contributed by atoms with Crippen molar-refractivity contribution in [1.82, 2.24) is 4.98 Å². The van der Waals surface area contributed by atoms with Crippen LogP contribution >= 0.6 is 0 Å². The van der Waals surface area contributed by atoms with E-state index in [1.165, 1.54) is 31.4 Å². The second-order valence-corrected chi connectivity index (χ2v) is 4.19. The first-order valence-electron chi connectivity index (χ1n) is 6.01. The SMILES string of the molecule is COC(=O)c1ccc(-c2ccc(OC(F)(F)F)cc2)c(N)n1. The first kappa shape index (κ1) is 15.6. The van der Waals surface area contributed by atoms with Gasteiger partial charge in [0.25, 0.3) is 0 Å². The Morgan fingerprint density at radius 3 is 2.27 bits per heavy atom. The van der Waals surface area contributed by atoms with E-state index in [0.717, 1.165) is 12.1 Å². The highest BCUT2D eigenvalue weighted by Crippen LogP contribution is 2.29. The summed E-state index contributed by atoms with van der Waals surface area (Å²) in [4.78, 5) is 15.2. The maximum absolute atomic E-state index is 12.1. The third kappa shape index (κ3) is 3.66. The Balaban J connectivity index is 2.27. The van der Waals surface area contributed by atoms with Gasteiger partial charge in [0.05, 0.1) is 7.11 Å². The fraction of sp³-hybridized carbons (Fsp3) is 0.143. The number of pyridine rings is 1. The fourth-order valence-electron chi connectivity index (χ4n) is 1.77. The molecule has 1 aromatic carbocycles. The van der Waals surface area contributed by atoms with Crippen molar-refractivity contribution in [3.05, 3.63) is 42.1 Å². The predicted molar refractivity (Wildman–Crippen MR) is 72.1 cm³/mol. The molecule has 2 rings (SSSR count). The molecular weight excluding hydrogens is 301 g/mol. The second kappa shape index (κ2) is 5.92. The van der Waals surface area contributed by atoms with Gasteiger partial charge in [-0.3, -0.25) is 0 Å². The maximum Gasteiger partial charge on any atom is 0.573 e. The normalized spacial score (nSPS) is 11.1. The number of nitrogens with two attached hydrogens (primary N) is 1. The van der Waals surface area contributed by atoms with Crippen molar-refractivity contribution in [2.24, 2.45) is 0 Å². The lowest BCUT2D eigenvalue weighted by Crippen LogP contribution is -2.16. The molecule has 0 saturated heterocycles. The summed E-state index contributed by atoms with van der Waals surface area (Å²) in [6.07, 6.45) is -4.75. The van der Waals surface area contributed by atoms with Gasteiger partial charge in [-0.05, 0) is 29.8 Å². The average Bonchev–Trinajstić information content (AvgIpc) is 2.46. The number of methoxy groups -OCH3 is 1. The molecule has 0 aliphatic rings. The number of nitrogen functional groups attached to an aromatic ring is 1. The minimum absolute atomic E-state index is 0.0424. The molecule has 22 heavy (non-hydrogen) atoms. The van der Waals surface area contributed by atoms with Crippen LogP contribution in [0.2, 0.25) is 0 Å². The number of hydrogen-bond donors (Lipinski definition) is 1. The van der Waals surface area contributed by atoms with Gasteiger partial charge in [-0.1, -0.05) is 12.1 Å². The largest absolute Gasteiger partial charge is 0.573 e. The van der Waals surface area contributed by atoms with E-state index in [9.17, 15) is 18.0 Å². The molecule has 2 aromatic rings. The zero-order valence-corrected chi connectivity index (χ0v) is 11.3. The van der Waals surface area contributed by atoms with Gasteiger partial charge >= 0.3 is 12.3 Å². The zero-order chi connectivity index (χ0) is 16.3. The molecule has 0 spiro atoms. The Morgan fingerprint density at radius 1 is 1.14 bits per heavy atom. The predicted octanol–water partition coefficient (Wildman–Crippen LogP) is 3.02. The van der Waals surface area contributed by atoms with Crippen LogP contribution in [0.4, 0.5) is 19.0 Å². The van der Waals surface area contributed by atoms with Crippen molar-refractivity contribution < 1.29 is 27.4 Å². The fourth-order valence-corrected chi connectivity index (χ4v) is 1.77. The topological polar surface area (TPSA) is 74.4 Å². The summed E-state index contributed by atoms with van der Waals surface area (Å²) < 4.78 is 44.6. The van der Waals surface area contributed by atoms with Crippen LogP contribution < -0.4 is 10.5 Å². The van der Waals surface area contributed by atoms with Crippen LogP contribution in [0.5, 0.6) is 5.75 Å². The summed E-state index contributed by atoms with van der Waals surface area (Å²) in [5, 5.41) is 0. The van der Waals surface area contributed by atoms with E-state index in [1.807, 2.05) is 0 Å². The Labute approximate surface area is 123 Å². The number of esters is 1. The number of aromatic nitrogens is 1. The number of hydrogen-bond acceptors (Lipinski definition) is 5. The molecule has 8 heteroatoms. The van der Waals surface area contributed by atoms with E-state index in [4.69, 9.17) is 5.73 Å². The Morgan fingerprint density at radius 2 is 1.77 bits per heavy atom. The van der Waals surface area contributed by atoms with E-state index in [0.29, 0.717) is 11.1 Å². The molecule has 0 aliphatic carbocycles. The van der Waals surface area contributed by atoms with Crippen LogP contribution in [-0.2, 0) is 4.74 Å². The summed E-state index contributed by atoms with van der Waals surface area (Å²) in [6.45, 7) is 0. The number of halogens is 3. The molecule has 116 valence electrons. The van der Waals surface area contributed by atoms with Crippen molar-refractivity contribution >= 4 is 11.8 Å². The third-order valence-corrected chi connectivity index (χ3v) is 2.72. The molecular formula is C14H11F3N2O3. The van der Waals surface area contributed by atoms with Gasteiger partial charge in [0, 0.05) is 5.56 Å². The molecule has 0 saturated carbocycles. The zero-order valence-electron chi connectivity index (χ0n) is 11.3. The summed E-state index contributed by atoms with van der Waals surface area (Å²) in [5.41, 5.74) is 6.81. The monoisotopic (exact) mass is 312 g/mol. The van der Waals surface area contributed by atoms with Gasteiger partial charge in [0.1, 0.15) is 11.6 Å². The number of alkyl halides is 3. The Bertz CT molecular complexity index is 685. The number of carbonyl (C=O) groups is 1. The number of anilines is 1. The molecule has 2 N–H and O–H groups in total. The first-order valence-corrected chi connectivity index (χ1v) is 6.01. The molecule has 1 aromatic heterocycles. The standard InChI is InChI=1S/C14H11F3N2O3/c1-21-13(20)11-7-6-10(12(18)19-11)8-2-4-9(5-3-8)22-14(15,16)17/h2-7H,1H3,(H2,18,19). The molecule has 1 heterocycles. The van der Waals surface area contributed by atoms with Crippen LogP contribution in [0.1, 0.15) is 10.5 Å². The van der Waals surface area contributed by atoms with Crippen molar-refractivity contribution in [3.8, 4) is 16.9 Å². The molecule has 0 amide bonds. The van der Waals surface area contributed by atoms with Gasteiger partial charge in [0.15, 0.2) is 5.69 Å². The molecule has 5 nitrogen and oxygen atoms in total. The van der Waals surface area contributed by atoms with E-state index in [-0.39, 0.29) is 17.3 Å². The highest BCUT2D eigenvalue weighted by Gasteiger charge is 2.31. The first-order chi connectivity index (χ1) is 10.3. The van der Waals surface area contributed by atoms with Gasteiger partial charge in [-0.15, -0.1) is 13.2 Å². The van der Waals surface area contributed by atoms with Gasteiger partial charge in [-0.25, -0.2) is 9.78 Å². The highest BCUT2D eigenvalue weighted by molar-refractivity contribution is 5.89. The van der Waals surface area contributed by atoms with E-state index >= 15 is 0 Å². The van der Waals surface area contributed by atoms with Crippen LogP contribution in [-0.4, -0.2) is 24.4 Å². The van der Waals surface area contributed by atoms with Crippen LogP contribution in [0.25, 0.3) is 11.1 Å². The maximum atomic E-state index is 12.1. The van der Waals surface area contributed by atoms with Gasteiger partial charge < -0.3 is 15.2 Å². The second-order valence-electron chi connectivity index (χ2n) is 4.19. The summed E-state index contributed by atoms with van der Waals surface area (Å²) >= 11 is 0. The lowest BCUT2D eigenvalue weighted by atomic mass is 10.1. The number of ether oxygens (including phenoxy) is 2. The number of carbonyl (C=O) groups excluding carboxylic acids is 1. The van der Waals surface area contributed by atoms with E-state index in [2.05, 4.69) is 14.5 Å². The quantitative estimate of drug-likeness (QED) is 0.882. The molecule has 0 fully saturated rings. The highest BCUT2D eigenvalue weighted by atomic mass is 19.4.